The first-order valence-electron chi connectivity index (χ1n) is 7.02. The van der Waals surface area contributed by atoms with E-state index in [2.05, 4.69) is 16.7 Å². The molecule has 0 bridgehead atoms. The van der Waals surface area contributed by atoms with Crippen LogP contribution in [0.1, 0.15) is 23.2 Å². The number of nitrogens with zero attached hydrogens (tertiary/aromatic N) is 2. The highest BCUT2D eigenvalue weighted by Crippen LogP contribution is 2.27. The van der Waals surface area contributed by atoms with Crippen molar-refractivity contribution in [3.8, 4) is 0 Å². The predicted molar refractivity (Wildman–Crippen MR) is 81.1 cm³/mol. The topological polar surface area (TPSA) is 58.8 Å². The zero-order chi connectivity index (χ0) is 15.6. The van der Waals surface area contributed by atoms with Crippen LogP contribution in [-0.2, 0) is 4.74 Å². The monoisotopic (exact) mass is 295 g/mol. The van der Waals surface area contributed by atoms with E-state index in [0.717, 1.165) is 19.4 Å². The van der Waals surface area contributed by atoms with Crippen LogP contribution >= 0.6 is 0 Å². The fourth-order valence-corrected chi connectivity index (χ4v) is 2.78. The lowest BCUT2D eigenvalue weighted by Crippen LogP contribution is -2.37. The molecule has 116 valence electrons. The summed E-state index contributed by atoms with van der Waals surface area (Å²) in [6, 6.07) is 3.04. The minimum atomic E-state index is -0.555. The lowest BCUT2D eigenvalue weighted by atomic mass is 10.1. The van der Waals surface area contributed by atoms with Crippen LogP contribution in [0, 0.1) is 5.82 Å². The second-order valence-corrected chi connectivity index (χ2v) is 5.54. The fraction of sp³-hybridized carbons (Fsp3) is 0.533. The van der Waals surface area contributed by atoms with E-state index in [-0.39, 0.29) is 11.3 Å². The Morgan fingerprint density at radius 3 is 2.86 bits per heavy atom. The number of hydrogen-bond acceptors (Lipinski definition) is 5. The highest BCUT2D eigenvalue weighted by atomic mass is 19.1. The molecule has 1 saturated heterocycles. The molecule has 1 aromatic rings. The summed E-state index contributed by atoms with van der Waals surface area (Å²) in [7, 11) is 5.18. The molecule has 1 fully saturated rings. The largest absolute Gasteiger partial charge is 0.465 e. The van der Waals surface area contributed by atoms with Crippen molar-refractivity contribution in [1.29, 1.82) is 0 Å². The van der Waals surface area contributed by atoms with Crippen molar-refractivity contribution in [2.45, 2.75) is 18.9 Å². The number of likely N-dealkylation sites (N-methyl/N-ethyl adjacent to an activating group) is 2. The third kappa shape index (κ3) is 3.26. The minimum Gasteiger partial charge on any atom is -0.465 e. The predicted octanol–water partition coefficient (Wildman–Crippen LogP) is 1.72. The molecular weight excluding hydrogens is 273 g/mol. The molecule has 1 atom stereocenters. The average Bonchev–Trinajstić information content (AvgIpc) is 2.83. The van der Waals surface area contributed by atoms with Crippen LogP contribution < -0.4 is 10.6 Å². The van der Waals surface area contributed by atoms with Crippen molar-refractivity contribution in [1.82, 2.24) is 4.90 Å². The molecule has 1 unspecified atom stereocenters. The van der Waals surface area contributed by atoms with Crippen molar-refractivity contribution in [3.63, 3.8) is 0 Å². The van der Waals surface area contributed by atoms with E-state index in [1.807, 2.05) is 11.9 Å². The van der Waals surface area contributed by atoms with Gasteiger partial charge >= 0.3 is 5.97 Å². The second kappa shape index (κ2) is 6.30. The van der Waals surface area contributed by atoms with Crippen LogP contribution in [0.4, 0.5) is 15.8 Å². The van der Waals surface area contributed by atoms with Crippen LogP contribution in [0.5, 0.6) is 0 Å². The summed E-state index contributed by atoms with van der Waals surface area (Å²) in [5.41, 5.74) is 6.34. The van der Waals surface area contributed by atoms with E-state index in [4.69, 9.17) is 5.73 Å². The first kappa shape index (κ1) is 15.6. The van der Waals surface area contributed by atoms with E-state index >= 15 is 0 Å². The lowest BCUT2D eigenvalue weighted by Gasteiger charge is -2.28. The molecular formula is C15H22FN3O2. The number of hydrogen-bond donors (Lipinski definition) is 1. The molecule has 1 heterocycles. The number of nitrogen functional groups attached to an aromatic ring is 1. The summed E-state index contributed by atoms with van der Waals surface area (Å²) >= 11 is 0. The lowest BCUT2D eigenvalue weighted by molar-refractivity contribution is 0.0602. The third-order valence-corrected chi connectivity index (χ3v) is 4.09. The molecule has 2 N–H and O–H groups in total. The molecule has 5 nitrogen and oxygen atoms in total. The minimum absolute atomic E-state index is 0.0921. The SMILES string of the molecule is COC(=O)c1cc(N(C)CC2CCCN2C)c(F)cc1N. The third-order valence-electron chi connectivity index (χ3n) is 4.09. The zero-order valence-electron chi connectivity index (χ0n) is 12.7. The molecule has 1 aromatic carbocycles. The number of nitrogens with two attached hydrogens (primary N) is 1. The fourth-order valence-electron chi connectivity index (χ4n) is 2.78. The number of halogens is 1. The van der Waals surface area contributed by atoms with Gasteiger partial charge in [0.15, 0.2) is 0 Å². The number of anilines is 2. The maximum Gasteiger partial charge on any atom is 0.340 e. The first-order chi connectivity index (χ1) is 9.93. The van der Waals surface area contributed by atoms with Crippen LogP contribution in [0.15, 0.2) is 12.1 Å². The van der Waals surface area contributed by atoms with Gasteiger partial charge in [-0.25, -0.2) is 9.18 Å². The van der Waals surface area contributed by atoms with Crippen molar-refractivity contribution < 1.29 is 13.9 Å². The smallest absolute Gasteiger partial charge is 0.340 e. The van der Waals surface area contributed by atoms with Gasteiger partial charge in [0.25, 0.3) is 0 Å². The van der Waals surface area contributed by atoms with Gasteiger partial charge in [-0.2, -0.15) is 0 Å². The molecule has 0 aromatic heterocycles. The van der Waals surface area contributed by atoms with Gasteiger partial charge in [-0.3, -0.25) is 0 Å². The summed E-state index contributed by atoms with van der Waals surface area (Å²) in [6.45, 7) is 1.77. The Morgan fingerprint density at radius 1 is 1.57 bits per heavy atom. The maximum absolute atomic E-state index is 14.1. The molecule has 0 amide bonds. The van der Waals surface area contributed by atoms with Gasteiger partial charge in [-0.15, -0.1) is 0 Å². The molecule has 21 heavy (non-hydrogen) atoms. The van der Waals surface area contributed by atoms with Gasteiger partial charge in [0.05, 0.1) is 18.4 Å². The summed E-state index contributed by atoms with van der Waals surface area (Å²) in [5, 5.41) is 0. The molecule has 1 aliphatic heterocycles. The molecule has 0 radical (unpaired) electrons. The van der Waals surface area contributed by atoms with E-state index < -0.39 is 11.8 Å². The number of methoxy groups -OCH3 is 1. The molecule has 0 aliphatic carbocycles. The molecule has 2 rings (SSSR count). The summed E-state index contributed by atoms with van der Waals surface area (Å²) in [4.78, 5) is 15.8. The Balaban J connectivity index is 2.23. The van der Waals surface area contributed by atoms with Gasteiger partial charge in [-0.05, 0) is 38.6 Å². The van der Waals surface area contributed by atoms with E-state index in [0.29, 0.717) is 18.3 Å². The highest BCUT2D eigenvalue weighted by molar-refractivity contribution is 5.96. The molecule has 6 heteroatoms. The Kier molecular flexibility index (Phi) is 4.67. The van der Waals surface area contributed by atoms with Crippen LogP contribution in [-0.4, -0.2) is 51.2 Å². The number of rotatable bonds is 4. The zero-order valence-corrected chi connectivity index (χ0v) is 12.7. The number of esters is 1. The van der Waals surface area contributed by atoms with Gasteiger partial charge in [0.1, 0.15) is 5.82 Å². The van der Waals surface area contributed by atoms with Gasteiger partial charge < -0.3 is 20.3 Å². The number of benzene rings is 1. The molecule has 0 spiro atoms. The standard InChI is InChI=1S/C15H22FN3O2/c1-18-6-4-5-10(18)9-19(2)14-7-11(15(20)21-3)13(17)8-12(14)16/h7-8,10H,4-6,9,17H2,1-3H3. The highest BCUT2D eigenvalue weighted by Gasteiger charge is 2.24. The maximum atomic E-state index is 14.1. The van der Waals surface area contributed by atoms with Crippen molar-refractivity contribution in [2.75, 3.05) is 44.9 Å². The number of ether oxygens (including phenoxy) is 1. The van der Waals surface area contributed by atoms with Crippen molar-refractivity contribution in [2.24, 2.45) is 0 Å². The Hall–Kier alpha value is -1.82. The van der Waals surface area contributed by atoms with Gasteiger partial charge in [-0.1, -0.05) is 0 Å². The summed E-state index contributed by atoms with van der Waals surface area (Å²) < 4.78 is 18.8. The normalized spacial score (nSPS) is 18.8. The van der Waals surface area contributed by atoms with E-state index in [1.165, 1.54) is 19.2 Å². The van der Waals surface area contributed by atoms with Crippen molar-refractivity contribution in [3.05, 3.63) is 23.5 Å². The second-order valence-electron chi connectivity index (χ2n) is 5.54. The number of carbonyl (C=O) groups is 1. The van der Waals surface area contributed by atoms with Gasteiger partial charge in [0, 0.05) is 25.3 Å². The Bertz CT molecular complexity index is 536. The van der Waals surface area contributed by atoms with E-state index in [9.17, 15) is 9.18 Å². The van der Waals surface area contributed by atoms with E-state index in [1.54, 1.807) is 0 Å². The Morgan fingerprint density at radius 2 is 2.29 bits per heavy atom. The van der Waals surface area contributed by atoms with Crippen LogP contribution in [0.25, 0.3) is 0 Å². The summed E-state index contributed by atoms with van der Waals surface area (Å²) in [6.07, 6.45) is 2.26. The Labute approximate surface area is 124 Å². The first-order valence-corrected chi connectivity index (χ1v) is 7.02. The number of carbonyl (C=O) groups excluding carboxylic acids is 1. The summed E-state index contributed by atoms with van der Waals surface area (Å²) in [5.74, 6) is -0.983. The quantitative estimate of drug-likeness (QED) is 0.677. The van der Waals surface area contributed by atoms with Crippen LogP contribution in [0.3, 0.4) is 0 Å². The van der Waals surface area contributed by atoms with Crippen LogP contribution in [0.2, 0.25) is 0 Å². The average molecular weight is 295 g/mol. The number of likely N-dealkylation sites (tertiary alicyclic amines) is 1. The molecule has 0 saturated carbocycles. The molecule has 1 aliphatic rings. The van der Waals surface area contributed by atoms with Gasteiger partial charge in [0.2, 0.25) is 0 Å². The van der Waals surface area contributed by atoms with Crippen molar-refractivity contribution >= 4 is 17.3 Å².